The van der Waals surface area contributed by atoms with Crippen molar-refractivity contribution in [3.63, 3.8) is 0 Å². The second-order valence-corrected chi connectivity index (χ2v) is 6.90. The average Bonchev–Trinajstić information content (AvgIpc) is 2.77. The molecule has 1 spiro atoms. The average molecular weight is 291 g/mol. The molecule has 21 heavy (non-hydrogen) atoms. The Kier molecular flexibility index (Phi) is 4.36. The van der Waals surface area contributed by atoms with Crippen molar-refractivity contribution in [2.45, 2.75) is 64.0 Å². The molecule has 2 heterocycles. The quantitative estimate of drug-likeness (QED) is 0.906. The standard InChI is InChI=1S/C17H29N3O/c1-4-9-18-16(15-11-13(2)19-20(15)3)14-6-10-21-17(12-14)7-5-8-17/h11,14,16,18H,4-10,12H2,1-3H3. The Morgan fingerprint density at radius 3 is 2.90 bits per heavy atom. The number of nitrogens with one attached hydrogen (secondary N) is 1. The Labute approximate surface area is 128 Å². The van der Waals surface area contributed by atoms with E-state index < -0.39 is 0 Å². The van der Waals surface area contributed by atoms with Gasteiger partial charge in [-0.25, -0.2) is 0 Å². The van der Waals surface area contributed by atoms with Gasteiger partial charge in [0.2, 0.25) is 0 Å². The van der Waals surface area contributed by atoms with Crippen molar-refractivity contribution in [2.75, 3.05) is 13.2 Å². The first kappa shape index (κ1) is 15.0. The van der Waals surface area contributed by atoms with Gasteiger partial charge >= 0.3 is 0 Å². The third-order valence-electron chi connectivity index (χ3n) is 5.24. The largest absolute Gasteiger partial charge is 0.375 e. The van der Waals surface area contributed by atoms with Crippen molar-refractivity contribution >= 4 is 0 Å². The van der Waals surface area contributed by atoms with E-state index in [2.05, 4.69) is 42.1 Å². The topological polar surface area (TPSA) is 39.1 Å². The summed E-state index contributed by atoms with van der Waals surface area (Å²) < 4.78 is 8.17. The van der Waals surface area contributed by atoms with Gasteiger partial charge in [-0.1, -0.05) is 6.92 Å². The first-order valence-corrected chi connectivity index (χ1v) is 8.51. The molecule has 0 aromatic carbocycles. The molecule has 1 saturated carbocycles. The highest BCUT2D eigenvalue weighted by Gasteiger charge is 2.44. The molecule has 118 valence electrons. The molecule has 1 aliphatic heterocycles. The lowest BCUT2D eigenvalue weighted by molar-refractivity contribution is -0.147. The first-order valence-electron chi connectivity index (χ1n) is 8.51. The van der Waals surface area contributed by atoms with Crippen LogP contribution in [0, 0.1) is 12.8 Å². The van der Waals surface area contributed by atoms with Crippen LogP contribution in [0.4, 0.5) is 0 Å². The smallest absolute Gasteiger partial charge is 0.0686 e. The van der Waals surface area contributed by atoms with Crippen LogP contribution < -0.4 is 5.32 Å². The molecule has 2 unspecified atom stereocenters. The Hall–Kier alpha value is -0.870. The van der Waals surface area contributed by atoms with Crippen LogP contribution in [0.2, 0.25) is 0 Å². The molecule has 0 bridgehead atoms. The maximum absolute atomic E-state index is 6.11. The van der Waals surface area contributed by atoms with E-state index in [0.29, 0.717) is 12.0 Å². The Morgan fingerprint density at radius 2 is 2.33 bits per heavy atom. The fourth-order valence-electron chi connectivity index (χ4n) is 4.00. The molecule has 0 amide bonds. The van der Waals surface area contributed by atoms with Gasteiger partial charge in [-0.2, -0.15) is 5.10 Å². The lowest BCUT2D eigenvalue weighted by Gasteiger charge is -2.48. The summed E-state index contributed by atoms with van der Waals surface area (Å²) in [5.41, 5.74) is 2.66. The molecule has 1 aromatic rings. The van der Waals surface area contributed by atoms with Crippen molar-refractivity contribution in [3.8, 4) is 0 Å². The zero-order valence-corrected chi connectivity index (χ0v) is 13.7. The van der Waals surface area contributed by atoms with Crippen LogP contribution in [0.5, 0.6) is 0 Å². The molecule has 2 aliphatic rings. The fourth-order valence-corrected chi connectivity index (χ4v) is 4.00. The molecular formula is C17H29N3O. The SMILES string of the molecule is CCCNC(c1cc(C)nn1C)C1CCOC2(CCC2)C1. The van der Waals surface area contributed by atoms with Crippen LogP contribution in [0.1, 0.15) is 62.9 Å². The summed E-state index contributed by atoms with van der Waals surface area (Å²) in [7, 11) is 2.07. The molecule has 0 radical (unpaired) electrons. The van der Waals surface area contributed by atoms with Crippen LogP contribution in [0.15, 0.2) is 6.07 Å². The van der Waals surface area contributed by atoms with E-state index in [1.54, 1.807) is 0 Å². The number of rotatable bonds is 5. The summed E-state index contributed by atoms with van der Waals surface area (Å²) in [6.07, 6.45) is 7.39. The summed E-state index contributed by atoms with van der Waals surface area (Å²) in [6, 6.07) is 2.66. The third kappa shape index (κ3) is 3.02. The van der Waals surface area contributed by atoms with Gasteiger partial charge in [0, 0.05) is 13.7 Å². The highest BCUT2D eigenvalue weighted by molar-refractivity contribution is 5.15. The van der Waals surface area contributed by atoms with E-state index in [1.807, 2.05) is 0 Å². The molecule has 2 fully saturated rings. The first-order chi connectivity index (χ1) is 10.1. The lowest BCUT2D eigenvalue weighted by Crippen LogP contribution is -2.48. The Morgan fingerprint density at radius 1 is 1.52 bits per heavy atom. The number of hydrogen-bond donors (Lipinski definition) is 1. The van der Waals surface area contributed by atoms with Gasteiger partial charge in [-0.15, -0.1) is 0 Å². The number of nitrogens with zero attached hydrogens (tertiary/aromatic N) is 2. The van der Waals surface area contributed by atoms with E-state index in [0.717, 1.165) is 25.3 Å². The van der Waals surface area contributed by atoms with Gasteiger partial charge in [0.25, 0.3) is 0 Å². The third-order valence-corrected chi connectivity index (χ3v) is 5.24. The summed E-state index contributed by atoms with van der Waals surface area (Å²) in [6.45, 7) is 6.30. The minimum Gasteiger partial charge on any atom is -0.375 e. The summed E-state index contributed by atoms with van der Waals surface area (Å²) >= 11 is 0. The normalized spacial score (nSPS) is 25.8. The van der Waals surface area contributed by atoms with Gasteiger partial charge in [-0.05, 0) is 64.0 Å². The molecule has 2 atom stereocenters. The Balaban J connectivity index is 1.79. The van der Waals surface area contributed by atoms with Crippen molar-refractivity contribution in [1.82, 2.24) is 15.1 Å². The van der Waals surface area contributed by atoms with Crippen LogP contribution in [0.3, 0.4) is 0 Å². The van der Waals surface area contributed by atoms with E-state index in [9.17, 15) is 0 Å². The minimum absolute atomic E-state index is 0.211. The number of aryl methyl sites for hydroxylation is 2. The monoisotopic (exact) mass is 291 g/mol. The molecule has 4 heteroatoms. The van der Waals surface area contributed by atoms with Crippen molar-refractivity contribution in [3.05, 3.63) is 17.5 Å². The number of ether oxygens (including phenoxy) is 1. The van der Waals surface area contributed by atoms with E-state index in [4.69, 9.17) is 4.74 Å². The highest BCUT2D eigenvalue weighted by atomic mass is 16.5. The molecule has 4 nitrogen and oxygen atoms in total. The predicted octanol–water partition coefficient (Wildman–Crippen LogP) is 3.12. The van der Waals surface area contributed by atoms with Gasteiger partial charge < -0.3 is 10.1 Å². The van der Waals surface area contributed by atoms with Crippen LogP contribution in [-0.2, 0) is 11.8 Å². The number of hydrogen-bond acceptors (Lipinski definition) is 3. The molecule has 1 N–H and O–H groups in total. The second-order valence-electron chi connectivity index (χ2n) is 6.90. The van der Waals surface area contributed by atoms with E-state index in [-0.39, 0.29) is 5.60 Å². The zero-order valence-electron chi connectivity index (χ0n) is 13.7. The lowest BCUT2D eigenvalue weighted by atomic mass is 9.70. The van der Waals surface area contributed by atoms with Crippen LogP contribution in [-0.4, -0.2) is 28.5 Å². The maximum atomic E-state index is 6.11. The Bertz CT molecular complexity index is 478. The van der Waals surface area contributed by atoms with Crippen LogP contribution in [0.25, 0.3) is 0 Å². The molecular weight excluding hydrogens is 262 g/mol. The molecule has 1 aromatic heterocycles. The van der Waals surface area contributed by atoms with E-state index >= 15 is 0 Å². The summed E-state index contributed by atoms with van der Waals surface area (Å²) in [5, 5.41) is 8.33. The van der Waals surface area contributed by atoms with Gasteiger partial charge in [0.15, 0.2) is 0 Å². The van der Waals surface area contributed by atoms with Crippen molar-refractivity contribution < 1.29 is 4.74 Å². The molecule has 3 rings (SSSR count). The fraction of sp³-hybridized carbons (Fsp3) is 0.824. The van der Waals surface area contributed by atoms with Crippen LogP contribution >= 0.6 is 0 Å². The van der Waals surface area contributed by atoms with Crippen molar-refractivity contribution in [2.24, 2.45) is 13.0 Å². The van der Waals surface area contributed by atoms with Crippen molar-refractivity contribution in [1.29, 1.82) is 0 Å². The molecule has 1 aliphatic carbocycles. The second kappa shape index (κ2) is 6.09. The van der Waals surface area contributed by atoms with Gasteiger partial charge in [0.05, 0.1) is 23.0 Å². The summed E-state index contributed by atoms with van der Waals surface area (Å²) in [4.78, 5) is 0. The molecule has 1 saturated heterocycles. The number of aromatic nitrogens is 2. The zero-order chi connectivity index (χ0) is 14.9. The summed E-state index contributed by atoms with van der Waals surface area (Å²) in [5.74, 6) is 0.667. The predicted molar refractivity (Wildman–Crippen MR) is 84.2 cm³/mol. The van der Waals surface area contributed by atoms with Gasteiger partial charge in [-0.3, -0.25) is 4.68 Å². The highest BCUT2D eigenvalue weighted by Crippen LogP contribution is 2.47. The minimum atomic E-state index is 0.211. The van der Waals surface area contributed by atoms with Gasteiger partial charge in [0.1, 0.15) is 0 Å². The van der Waals surface area contributed by atoms with E-state index in [1.165, 1.54) is 37.8 Å². The maximum Gasteiger partial charge on any atom is 0.0686 e.